The van der Waals surface area contributed by atoms with Gasteiger partial charge in [0.05, 0.1) is 0 Å². The van der Waals surface area contributed by atoms with E-state index in [0.717, 1.165) is 12.3 Å². The Balaban J connectivity index is 1.87. The van der Waals surface area contributed by atoms with Crippen LogP contribution in [0.2, 0.25) is 0 Å². The van der Waals surface area contributed by atoms with Crippen LogP contribution in [-0.2, 0) is 5.75 Å². The lowest BCUT2D eigenvalue weighted by molar-refractivity contribution is 0.670. The molecule has 3 heteroatoms. The highest BCUT2D eigenvalue weighted by atomic mass is 32.2. The summed E-state index contributed by atoms with van der Waals surface area (Å²) in [5.41, 5.74) is 4.59. The number of nitrogens with one attached hydrogen (secondary N) is 2. The maximum Gasteiger partial charge on any atom is 0.106 e. The molecule has 1 fully saturated rings. The Morgan fingerprint density at radius 3 is 2.75 bits per heavy atom. The summed E-state index contributed by atoms with van der Waals surface area (Å²) in [7, 11) is 0. The van der Waals surface area contributed by atoms with Crippen molar-refractivity contribution in [2.45, 2.75) is 38.1 Å². The normalized spacial score (nSPS) is 24.9. The number of benzene rings is 1. The van der Waals surface area contributed by atoms with Gasteiger partial charge in [-0.3, -0.25) is 10.6 Å². The molecule has 2 unspecified atom stereocenters. The van der Waals surface area contributed by atoms with Gasteiger partial charge in [-0.1, -0.05) is 18.2 Å². The second-order valence-electron chi connectivity index (χ2n) is 4.59. The Labute approximate surface area is 102 Å². The molecule has 0 amide bonds. The number of hydrogen-bond acceptors (Lipinski definition) is 3. The maximum absolute atomic E-state index is 3.50. The van der Waals surface area contributed by atoms with Crippen LogP contribution < -0.4 is 10.6 Å². The molecule has 0 radical (unpaired) electrons. The van der Waals surface area contributed by atoms with Crippen molar-refractivity contribution in [1.82, 2.24) is 10.6 Å². The van der Waals surface area contributed by atoms with E-state index in [0.29, 0.717) is 11.5 Å². The number of hydrogen-bond donors (Lipinski definition) is 2. The summed E-state index contributed by atoms with van der Waals surface area (Å²) in [6.07, 6.45) is 0. The van der Waals surface area contributed by atoms with E-state index in [2.05, 4.69) is 49.6 Å². The molecule has 0 bridgehead atoms. The first kappa shape index (κ1) is 12.0. The number of thioether (sulfide) groups is 1. The van der Waals surface area contributed by atoms with Crippen molar-refractivity contribution in [3.05, 3.63) is 34.9 Å². The van der Waals surface area contributed by atoms with Gasteiger partial charge >= 0.3 is 0 Å². The summed E-state index contributed by atoms with van der Waals surface area (Å²) in [6.45, 7) is 7.62. The van der Waals surface area contributed by atoms with Gasteiger partial charge in [-0.2, -0.15) is 0 Å². The SMILES string of the molecule is Cc1ccc(CSC2NCC(C)N2)cc1C. The summed E-state index contributed by atoms with van der Waals surface area (Å²) in [6, 6.07) is 7.33. The summed E-state index contributed by atoms with van der Waals surface area (Å²) in [5.74, 6) is 1.07. The quantitative estimate of drug-likeness (QED) is 0.843. The number of aryl methyl sites for hydroxylation is 2. The third-order valence-electron chi connectivity index (χ3n) is 3.03. The van der Waals surface area contributed by atoms with Crippen molar-refractivity contribution >= 4 is 11.8 Å². The van der Waals surface area contributed by atoms with Crippen LogP contribution in [0.25, 0.3) is 0 Å². The predicted octanol–water partition coefficient (Wildman–Crippen LogP) is 2.40. The van der Waals surface area contributed by atoms with Gasteiger partial charge in [0.15, 0.2) is 0 Å². The van der Waals surface area contributed by atoms with Crippen molar-refractivity contribution in [2.24, 2.45) is 0 Å². The molecule has 1 saturated heterocycles. The maximum atomic E-state index is 3.50. The van der Waals surface area contributed by atoms with E-state index in [1.165, 1.54) is 16.7 Å². The second kappa shape index (κ2) is 5.21. The molecular weight excluding hydrogens is 216 g/mol. The zero-order valence-electron chi connectivity index (χ0n) is 10.2. The zero-order chi connectivity index (χ0) is 11.5. The molecule has 1 aliphatic rings. The second-order valence-corrected chi connectivity index (χ2v) is 5.68. The van der Waals surface area contributed by atoms with E-state index in [1.807, 2.05) is 11.8 Å². The highest BCUT2D eigenvalue weighted by Crippen LogP contribution is 2.19. The minimum absolute atomic E-state index is 0.414. The molecular formula is C13H20N2S. The van der Waals surface area contributed by atoms with Crippen LogP contribution in [0.3, 0.4) is 0 Å². The molecule has 1 aromatic rings. The lowest BCUT2D eigenvalue weighted by Crippen LogP contribution is -2.29. The molecule has 16 heavy (non-hydrogen) atoms. The van der Waals surface area contributed by atoms with Gasteiger partial charge < -0.3 is 0 Å². The fourth-order valence-corrected chi connectivity index (χ4v) is 2.92. The highest BCUT2D eigenvalue weighted by Gasteiger charge is 2.18. The zero-order valence-corrected chi connectivity index (χ0v) is 11.0. The Morgan fingerprint density at radius 1 is 1.31 bits per heavy atom. The topological polar surface area (TPSA) is 24.1 Å². The van der Waals surface area contributed by atoms with Crippen molar-refractivity contribution in [3.63, 3.8) is 0 Å². The summed E-state index contributed by atoms with van der Waals surface area (Å²) >= 11 is 1.93. The fourth-order valence-electron chi connectivity index (χ4n) is 1.84. The average molecular weight is 236 g/mol. The molecule has 2 atom stereocenters. The van der Waals surface area contributed by atoms with Gasteiger partial charge in [0.25, 0.3) is 0 Å². The van der Waals surface area contributed by atoms with Crippen LogP contribution >= 0.6 is 11.8 Å². The van der Waals surface area contributed by atoms with E-state index >= 15 is 0 Å². The average Bonchev–Trinajstić information content (AvgIpc) is 2.66. The molecule has 0 saturated carbocycles. The van der Waals surface area contributed by atoms with Gasteiger partial charge in [-0.15, -0.1) is 11.8 Å². The Bertz CT molecular complexity index is 365. The van der Waals surface area contributed by atoms with Crippen LogP contribution in [0.1, 0.15) is 23.6 Å². The molecule has 0 aromatic heterocycles. The monoisotopic (exact) mass is 236 g/mol. The van der Waals surface area contributed by atoms with Crippen LogP contribution in [0.15, 0.2) is 18.2 Å². The predicted molar refractivity (Wildman–Crippen MR) is 71.6 cm³/mol. The molecule has 1 aliphatic heterocycles. The molecule has 88 valence electrons. The Hall–Kier alpha value is -0.510. The molecule has 2 nitrogen and oxygen atoms in total. The molecule has 2 N–H and O–H groups in total. The lowest BCUT2D eigenvalue weighted by Gasteiger charge is -2.11. The molecule has 1 heterocycles. The largest absolute Gasteiger partial charge is 0.292 e. The van der Waals surface area contributed by atoms with E-state index in [-0.39, 0.29) is 0 Å². The van der Waals surface area contributed by atoms with Gasteiger partial charge in [0, 0.05) is 18.3 Å². The van der Waals surface area contributed by atoms with Gasteiger partial charge in [-0.05, 0) is 37.5 Å². The summed E-state index contributed by atoms with van der Waals surface area (Å²) in [5, 5.41) is 6.96. The van der Waals surface area contributed by atoms with Crippen LogP contribution in [-0.4, -0.2) is 18.1 Å². The van der Waals surface area contributed by atoms with Crippen LogP contribution in [0.4, 0.5) is 0 Å². The molecule has 1 aromatic carbocycles. The lowest BCUT2D eigenvalue weighted by atomic mass is 10.1. The van der Waals surface area contributed by atoms with Crippen molar-refractivity contribution in [2.75, 3.05) is 6.54 Å². The van der Waals surface area contributed by atoms with Gasteiger partial charge in [0.2, 0.25) is 0 Å². The highest BCUT2D eigenvalue weighted by molar-refractivity contribution is 7.99. The third-order valence-corrected chi connectivity index (χ3v) is 4.17. The van der Waals surface area contributed by atoms with E-state index < -0.39 is 0 Å². The van der Waals surface area contributed by atoms with E-state index in [9.17, 15) is 0 Å². The summed E-state index contributed by atoms with van der Waals surface area (Å²) < 4.78 is 0. The Morgan fingerprint density at radius 2 is 2.12 bits per heavy atom. The first-order chi connectivity index (χ1) is 7.65. The smallest absolute Gasteiger partial charge is 0.106 e. The number of rotatable bonds is 3. The van der Waals surface area contributed by atoms with Crippen molar-refractivity contribution in [3.8, 4) is 0 Å². The molecule has 0 aliphatic carbocycles. The molecule has 2 rings (SSSR count). The van der Waals surface area contributed by atoms with Gasteiger partial charge in [0.1, 0.15) is 5.50 Å². The minimum Gasteiger partial charge on any atom is -0.292 e. The minimum atomic E-state index is 0.414. The van der Waals surface area contributed by atoms with Crippen molar-refractivity contribution < 1.29 is 0 Å². The van der Waals surface area contributed by atoms with Crippen LogP contribution in [0.5, 0.6) is 0 Å². The third kappa shape index (κ3) is 3.00. The Kier molecular flexibility index (Phi) is 3.90. The first-order valence-corrected chi connectivity index (χ1v) is 6.87. The van der Waals surface area contributed by atoms with E-state index in [1.54, 1.807) is 0 Å². The van der Waals surface area contributed by atoms with Crippen LogP contribution in [0, 0.1) is 13.8 Å². The standard InChI is InChI=1S/C13H20N2S/c1-9-4-5-12(6-10(9)2)8-16-13-14-7-11(3)15-13/h4-6,11,13-15H,7-8H2,1-3H3. The fraction of sp³-hybridized carbons (Fsp3) is 0.538. The van der Waals surface area contributed by atoms with Crippen molar-refractivity contribution in [1.29, 1.82) is 0 Å². The van der Waals surface area contributed by atoms with E-state index in [4.69, 9.17) is 0 Å². The van der Waals surface area contributed by atoms with Gasteiger partial charge in [-0.25, -0.2) is 0 Å². The summed E-state index contributed by atoms with van der Waals surface area (Å²) in [4.78, 5) is 0. The molecule has 0 spiro atoms. The first-order valence-electron chi connectivity index (χ1n) is 5.82.